The minimum absolute atomic E-state index is 1.06. The van der Waals surface area contributed by atoms with E-state index in [-0.39, 0.29) is 0 Å². The molecule has 0 aliphatic carbocycles. The Morgan fingerprint density at radius 2 is 1.20 bits per heavy atom. The SMILES string of the molecule is CSCC[NH3+].CSCC[NH3+]. The van der Waals surface area contributed by atoms with Gasteiger partial charge in [-0.2, -0.15) is 23.5 Å². The molecule has 0 atom stereocenters. The normalized spacial score (nSPS) is 8.40. The summed E-state index contributed by atoms with van der Waals surface area (Å²) in [6, 6.07) is 0. The Morgan fingerprint density at radius 1 is 0.900 bits per heavy atom. The predicted molar refractivity (Wildman–Crippen MR) is 52.3 cm³/mol. The van der Waals surface area contributed by atoms with Crippen LogP contribution in [0.25, 0.3) is 0 Å². The molecule has 0 bridgehead atoms. The summed E-state index contributed by atoms with van der Waals surface area (Å²) in [6.45, 7) is 2.11. The number of hydrogen-bond acceptors (Lipinski definition) is 2. The van der Waals surface area contributed by atoms with E-state index in [1.807, 2.05) is 23.5 Å². The minimum Gasteiger partial charge on any atom is -0.357 e. The molecule has 0 heterocycles. The largest absolute Gasteiger partial charge is 0.357 e. The van der Waals surface area contributed by atoms with Crippen LogP contribution in [0.3, 0.4) is 0 Å². The van der Waals surface area contributed by atoms with Gasteiger partial charge in [-0.15, -0.1) is 0 Å². The highest BCUT2D eigenvalue weighted by Gasteiger charge is 1.71. The van der Waals surface area contributed by atoms with Crippen molar-refractivity contribution in [1.29, 1.82) is 0 Å². The molecular formula is C6H20N2S2+2. The van der Waals surface area contributed by atoms with Crippen LogP contribution < -0.4 is 11.5 Å². The lowest BCUT2D eigenvalue weighted by molar-refractivity contribution is -0.360. The first-order valence-electron chi connectivity index (χ1n) is 3.39. The van der Waals surface area contributed by atoms with Crippen molar-refractivity contribution < 1.29 is 11.5 Å². The fraction of sp³-hybridized carbons (Fsp3) is 1.00. The van der Waals surface area contributed by atoms with Crippen molar-refractivity contribution in [3.63, 3.8) is 0 Å². The third-order valence-corrected chi connectivity index (χ3v) is 2.09. The smallest absolute Gasteiger partial charge is 0.0831 e. The van der Waals surface area contributed by atoms with Gasteiger partial charge in [0.2, 0.25) is 0 Å². The van der Waals surface area contributed by atoms with Crippen LogP contribution in [0.4, 0.5) is 0 Å². The second-order valence-corrected chi connectivity index (χ2v) is 3.66. The molecule has 4 heteroatoms. The molecule has 0 saturated heterocycles. The zero-order valence-electron chi connectivity index (χ0n) is 7.06. The third kappa shape index (κ3) is 23.4. The average molecular weight is 184 g/mol. The highest BCUT2D eigenvalue weighted by Crippen LogP contribution is 1.83. The van der Waals surface area contributed by atoms with Gasteiger partial charge in [0.05, 0.1) is 13.1 Å². The number of rotatable bonds is 4. The van der Waals surface area contributed by atoms with Crippen molar-refractivity contribution >= 4 is 23.5 Å². The second-order valence-electron chi connectivity index (χ2n) is 1.69. The molecule has 0 rings (SSSR count). The van der Waals surface area contributed by atoms with Crippen LogP contribution in [-0.2, 0) is 0 Å². The second kappa shape index (κ2) is 16.3. The average Bonchev–Trinajstić information content (AvgIpc) is 1.93. The minimum atomic E-state index is 1.06. The molecule has 0 aliphatic heterocycles. The number of hydrogen-bond donors (Lipinski definition) is 2. The summed E-state index contributed by atoms with van der Waals surface area (Å²) in [5.74, 6) is 2.39. The summed E-state index contributed by atoms with van der Waals surface area (Å²) in [6.07, 6.45) is 4.18. The fourth-order valence-corrected chi connectivity index (χ4v) is 0.866. The monoisotopic (exact) mass is 184 g/mol. The molecule has 0 aromatic carbocycles. The molecule has 0 aromatic rings. The van der Waals surface area contributed by atoms with Gasteiger partial charge < -0.3 is 11.5 Å². The van der Waals surface area contributed by atoms with E-state index >= 15 is 0 Å². The maximum Gasteiger partial charge on any atom is 0.0831 e. The fourth-order valence-electron chi connectivity index (χ4n) is 0.289. The zero-order valence-corrected chi connectivity index (χ0v) is 8.69. The number of thioether (sulfide) groups is 2. The molecule has 6 N–H and O–H groups in total. The van der Waals surface area contributed by atoms with E-state index < -0.39 is 0 Å². The molecule has 0 fully saturated rings. The van der Waals surface area contributed by atoms with Gasteiger partial charge in [0, 0.05) is 11.5 Å². The molecule has 0 aromatic heterocycles. The van der Waals surface area contributed by atoms with Crippen molar-refractivity contribution in [2.45, 2.75) is 0 Å². The van der Waals surface area contributed by atoms with Gasteiger partial charge in [-0.3, -0.25) is 0 Å². The van der Waals surface area contributed by atoms with Crippen LogP contribution in [-0.4, -0.2) is 37.1 Å². The number of quaternary nitrogens is 2. The maximum atomic E-state index is 3.65. The molecule has 0 radical (unpaired) electrons. The van der Waals surface area contributed by atoms with Gasteiger partial charge in [-0.05, 0) is 12.5 Å². The van der Waals surface area contributed by atoms with E-state index in [0.717, 1.165) is 13.1 Å². The van der Waals surface area contributed by atoms with Gasteiger partial charge in [-0.1, -0.05) is 0 Å². The predicted octanol–water partition coefficient (Wildman–Crippen LogP) is -0.817. The Bertz CT molecular complexity index is 34.7. The Balaban J connectivity index is 0. The van der Waals surface area contributed by atoms with E-state index in [9.17, 15) is 0 Å². The molecule has 0 spiro atoms. The lowest BCUT2D eigenvalue weighted by Crippen LogP contribution is -2.51. The third-order valence-electron chi connectivity index (χ3n) is 0.697. The summed E-state index contributed by atoms with van der Waals surface area (Å²) in [5, 5.41) is 0. The molecule has 10 heavy (non-hydrogen) atoms. The van der Waals surface area contributed by atoms with E-state index in [4.69, 9.17) is 0 Å². The first-order chi connectivity index (χ1) is 4.83. The van der Waals surface area contributed by atoms with E-state index in [2.05, 4.69) is 24.0 Å². The van der Waals surface area contributed by atoms with Crippen molar-refractivity contribution in [2.75, 3.05) is 37.1 Å². The Morgan fingerprint density at radius 3 is 1.20 bits per heavy atom. The van der Waals surface area contributed by atoms with E-state index in [1.54, 1.807) is 0 Å². The molecular weight excluding hydrogens is 164 g/mol. The lowest BCUT2D eigenvalue weighted by atomic mass is 10.8. The van der Waals surface area contributed by atoms with Crippen LogP contribution in [0.15, 0.2) is 0 Å². The molecule has 0 aliphatic rings. The first kappa shape index (κ1) is 13.2. The van der Waals surface area contributed by atoms with E-state index in [1.165, 1.54) is 11.5 Å². The highest BCUT2D eigenvalue weighted by molar-refractivity contribution is 7.98. The molecule has 0 amide bonds. The molecule has 64 valence electrons. The topological polar surface area (TPSA) is 55.3 Å². The van der Waals surface area contributed by atoms with Crippen LogP contribution in [0.1, 0.15) is 0 Å². The molecule has 0 unspecified atom stereocenters. The Kier molecular flexibility index (Phi) is 21.6. The molecule has 2 nitrogen and oxygen atoms in total. The zero-order chi connectivity index (χ0) is 8.24. The summed E-state index contributed by atoms with van der Waals surface area (Å²) in [5.41, 5.74) is 7.31. The van der Waals surface area contributed by atoms with Gasteiger partial charge >= 0.3 is 0 Å². The van der Waals surface area contributed by atoms with Gasteiger partial charge in [0.15, 0.2) is 0 Å². The lowest BCUT2D eigenvalue weighted by Gasteiger charge is -1.78. The molecule has 0 saturated carbocycles. The standard InChI is InChI=1S/2C3H9NS/c2*1-5-3-2-4/h2*2-4H2,1H3/p+2. The van der Waals surface area contributed by atoms with E-state index in [0.29, 0.717) is 0 Å². The first-order valence-corrected chi connectivity index (χ1v) is 6.18. The summed E-state index contributed by atoms with van der Waals surface area (Å²) in [7, 11) is 0. The Labute approximate surface area is 72.5 Å². The van der Waals surface area contributed by atoms with Crippen LogP contribution in [0.2, 0.25) is 0 Å². The summed E-state index contributed by atoms with van der Waals surface area (Å²) in [4.78, 5) is 0. The van der Waals surface area contributed by atoms with Crippen LogP contribution in [0.5, 0.6) is 0 Å². The summed E-state index contributed by atoms with van der Waals surface area (Å²) < 4.78 is 0. The Hall–Kier alpha value is 0.620. The highest BCUT2D eigenvalue weighted by atomic mass is 32.2. The van der Waals surface area contributed by atoms with Gasteiger partial charge in [0.1, 0.15) is 0 Å². The van der Waals surface area contributed by atoms with Gasteiger partial charge in [-0.25, -0.2) is 0 Å². The van der Waals surface area contributed by atoms with Crippen molar-refractivity contribution in [3.8, 4) is 0 Å². The van der Waals surface area contributed by atoms with Crippen LogP contribution >= 0.6 is 23.5 Å². The maximum absolute atomic E-state index is 3.65. The van der Waals surface area contributed by atoms with Crippen molar-refractivity contribution in [3.05, 3.63) is 0 Å². The van der Waals surface area contributed by atoms with Crippen LogP contribution in [0, 0.1) is 0 Å². The van der Waals surface area contributed by atoms with Crippen molar-refractivity contribution in [2.24, 2.45) is 0 Å². The quantitative estimate of drug-likeness (QED) is 0.600. The van der Waals surface area contributed by atoms with Gasteiger partial charge in [0.25, 0.3) is 0 Å². The van der Waals surface area contributed by atoms with Crippen molar-refractivity contribution in [1.82, 2.24) is 0 Å². The summed E-state index contributed by atoms with van der Waals surface area (Å²) >= 11 is 3.68.